The summed E-state index contributed by atoms with van der Waals surface area (Å²) in [4.78, 5) is 52.3. The molecule has 0 aromatic heterocycles. The lowest BCUT2D eigenvalue weighted by molar-refractivity contribution is -0.145. The van der Waals surface area contributed by atoms with Crippen LogP contribution in [0.25, 0.3) is 0 Å². The highest BCUT2D eigenvalue weighted by atomic mass is 35.5. The van der Waals surface area contributed by atoms with Crippen LogP contribution in [-0.2, 0) is 25.5 Å². The number of nitrogens with zero attached hydrogens (tertiary/aromatic N) is 1. The number of ether oxygens (including phenoxy) is 2. The molecule has 1 saturated heterocycles. The molecule has 2 aromatic rings. The van der Waals surface area contributed by atoms with Crippen LogP contribution in [-0.4, -0.2) is 65.2 Å². The van der Waals surface area contributed by atoms with Crippen molar-refractivity contribution >= 4 is 64.5 Å². The molecule has 0 radical (unpaired) electrons. The third-order valence-corrected chi connectivity index (χ3v) is 7.94. The molecular formula is C26H29Cl2N3O6S. The molecule has 0 spiro atoms. The Bertz CT molecular complexity index is 1190. The van der Waals surface area contributed by atoms with Crippen molar-refractivity contribution in [1.82, 2.24) is 10.2 Å². The van der Waals surface area contributed by atoms with Crippen molar-refractivity contribution in [3.8, 4) is 0 Å². The molecule has 2 atom stereocenters. The molecule has 1 unspecified atom stereocenters. The van der Waals surface area contributed by atoms with Gasteiger partial charge in [0.1, 0.15) is 12.1 Å². The molecular weight excluding hydrogens is 553 g/mol. The Kier molecular flexibility index (Phi) is 9.92. The van der Waals surface area contributed by atoms with Gasteiger partial charge in [-0.25, -0.2) is 9.59 Å². The van der Waals surface area contributed by atoms with Crippen molar-refractivity contribution in [3.05, 3.63) is 63.6 Å². The Hall–Kier alpha value is -2.95. The van der Waals surface area contributed by atoms with Gasteiger partial charge in [0.25, 0.3) is 5.91 Å². The summed E-state index contributed by atoms with van der Waals surface area (Å²) in [5.74, 6) is -1.28. The van der Waals surface area contributed by atoms with Crippen molar-refractivity contribution in [2.24, 2.45) is 0 Å². The van der Waals surface area contributed by atoms with Crippen LogP contribution in [0.15, 0.2) is 42.5 Å². The summed E-state index contributed by atoms with van der Waals surface area (Å²) in [7, 11) is 1.24. The Morgan fingerprint density at radius 1 is 1.11 bits per heavy atom. The van der Waals surface area contributed by atoms with E-state index in [0.717, 1.165) is 0 Å². The van der Waals surface area contributed by atoms with Gasteiger partial charge >= 0.3 is 12.1 Å². The lowest BCUT2D eigenvalue weighted by Gasteiger charge is -2.31. The predicted octanol–water partition coefficient (Wildman–Crippen LogP) is 4.76. The summed E-state index contributed by atoms with van der Waals surface area (Å²) in [6.45, 7) is 5.59. The molecule has 12 heteroatoms. The van der Waals surface area contributed by atoms with Gasteiger partial charge in [-0.05, 0) is 50.6 Å². The highest BCUT2D eigenvalue weighted by Crippen LogP contribution is 2.39. The smallest absolute Gasteiger partial charge is 0.411 e. The quantitative estimate of drug-likeness (QED) is 0.432. The summed E-state index contributed by atoms with van der Waals surface area (Å²) in [5, 5.41) is 5.94. The van der Waals surface area contributed by atoms with Crippen LogP contribution in [0.1, 0.15) is 36.7 Å². The van der Waals surface area contributed by atoms with Gasteiger partial charge in [0.15, 0.2) is 0 Å². The molecule has 3 rings (SSSR count). The minimum atomic E-state index is -1.000. The molecule has 1 heterocycles. The third kappa shape index (κ3) is 6.92. The SMILES string of the molecule is CCOC(=O)N1CSC(C)(C)C1C(=O)N[C@@H](Cc1ccc(NC(=O)c2c(Cl)cccc2Cl)cc1)C(=O)OC. The average Bonchev–Trinajstić information content (AvgIpc) is 3.19. The molecule has 204 valence electrons. The van der Waals surface area contributed by atoms with Gasteiger partial charge in [-0.15, -0.1) is 11.8 Å². The van der Waals surface area contributed by atoms with Crippen LogP contribution in [0.4, 0.5) is 10.5 Å². The first-order valence-corrected chi connectivity index (χ1v) is 13.5. The fourth-order valence-corrected chi connectivity index (χ4v) is 5.73. The Labute approximate surface area is 235 Å². The molecule has 1 aliphatic heterocycles. The van der Waals surface area contributed by atoms with Crippen molar-refractivity contribution < 1.29 is 28.7 Å². The summed E-state index contributed by atoms with van der Waals surface area (Å²) < 4.78 is 9.43. The number of halogens is 2. The highest BCUT2D eigenvalue weighted by Gasteiger charge is 2.49. The van der Waals surface area contributed by atoms with Crippen molar-refractivity contribution in [1.29, 1.82) is 0 Å². The second-order valence-corrected chi connectivity index (χ2v) is 11.4. The van der Waals surface area contributed by atoms with Gasteiger partial charge in [-0.2, -0.15) is 0 Å². The first-order valence-electron chi connectivity index (χ1n) is 11.8. The fraction of sp³-hybridized carbons (Fsp3) is 0.385. The average molecular weight is 583 g/mol. The summed E-state index contributed by atoms with van der Waals surface area (Å²) in [6.07, 6.45) is -0.459. The summed E-state index contributed by atoms with van der Waals surface area (Å²) in [5.41, 5.74) is 1.36. The Balaban J connectivity index is 1.72. The van der Waals surface area contributed by atoms with Crippen LogP contribution in [0.3, 0.4) is 0 Å². The van der Waals surface area contributed by atoms with Crippen molar-refractivity contribution in [2.45, 2.75) is 44.0 Å². The molecule has 0 aliphatic carbocycles. The number of thioether (sulfide) groups is 1. The number of nitrogens with one attached hydrogen (secondary N) is 2. The molecule has 0 saturated carbocycles. The minimum absolute atomic E-state index is 0.128. The number of methoxy groups -OCH3 is 1. The molecule has 2 aromatic carbocycles. The van der Waals surface area contributed by atoms with E-state index in [1.165, 1.54) is 23.8 Å². The maximum Gasteiger partial charge on any atom is 0.411 e. The molecule has 9 nitrogen and oxygen atoms in total. The second-order valence-electron chi connectivity index (χ2n) is 8.98. The summed E-state index contributed by atoms with van der Waals surface area (Å²) in [6, 6.07) is 9.70. The van der Waals surface area contributed by atoms with E-state index >= 15 is 0 Å². The molecule has 38 heavy (non-hydrogen) atoms. The molecule has 1 fully saturated rings. The topological polar surface area (TPSA) is 114 Å². The van der Waals surface area contributed by atoms with Gasteiger partial charge < -0.3 is 20.1 Å². The third-order valence-electron chi connectivity index (χ3n) is 5.94. The van der Waals surface area contributed by atoms with Crippen LogP contribution in [0.2, 0.25) is 10.0 Å². The number of hydrogen-bond donors (Lipinski definition) is 2. The zero-order valence-electron chi connectivity index (χ0n) is 21.4. The second kappa shape index (κ2) is 12.7. The molecule has 1 aliphatic rings. The monoisotopic (exact) mass is 581 g/mol. The van der Waals surface area contributed by atoms with Gasteiger partial charge in [0, 0.05) is 16.9 Å². The zero-order chi connectivity index (χ0) is 28.0. The number of benzene rings is 2. The number of rotatable bonds is 8. The van der Waals surface area contributed by atoms with Gasteiger partial charge in [0.2, 0.25) is 5.91 Å². The first kappa shape index (κ1) is 29.6. The van der Waals surface area contributed by atoms with Crippen LogP contribution in [0, 0.1) is 0 Å². The van der Waals surface area contributed by atoms with E-state index in [1.54, 1.807) is 49.4 Å². The van der Waals surface area contributed by atoms with E-state index in [1.807, 2.05) is 13.8 Å². The molecule has 3 amide bonds. The van der Waals surface area contributed by atoms with Crippen LogP contribution < -0.4 is 10.6 Å². The number of hydrogen-bond acceptors (Lipinski definition) is 7. The lowest BCUT2D eigenvalue weighted by Crippen LogP contribution is -2.56. The van der Waals surface area contributed by atoms with E-state index in [-0.39, 0.29) is 28.6 Å². The van der Waals surface area contributed by atoms with E-state index in [4.69, 9.17) is 32.7 Å². The number of carbonyl (C=O) groups is 4. The van der Waals surface area contributed by atoms with E-state index in [9.17, 15) is 19.2 Å². The van der Waals surface area contributed by atoms with Crippen molar-refractivity contribution in [2.75, 3.05) is 24.9 Å². The van der Waals surface area contributed by atoms with Crippen LogP contribution >= 0.6 is 35.0 Å². The van der Waals surface area contributed by atoms with E-state index in [2.05, 4.69) is 10.6 Å². The molecule has 2 N–H and O–H groups in total. The molecule has 0 bridgehead atoms. The number of amides is 3. The minimum Gasteiger partial charge on any atom is -0.467 e. The lowest BCUT2D eigenvalue weighted by atomic mass is 9.99. The maximum absolute atomic E-state index is 13.3. The first-order chi connectivity index (χ1) is 18.0. The van der Waals surface area contributed by atoms with Gasteiger partial charge in [-0.1, -0.05) is 41.4 Å². The fourth-order valence-electron chi connectivity index (χ4n) is 4.04. The highest BCUT2D eigenvalue weighted by molar-refractivity contribution is 8.00. The largest absolute Gasteiger partial charge is 0.467 e. The number of esters is 1. The normalized spacial score (nSPS) is 16.9. The Morgan fingerprint density at radius 3 is 2.32 bits per heavy atom. The maximum atomic E-state index is 13.3. The van der Waals surface area contributed by atoms with Crippen molar-refractivity contribution in [3.63, 3.8) is 0 Å². The van der Waals surface area contributed by atoms with Gasteiger partial charge in [0.05, 0.1) is 35.2 Å². The van der Waals surface area contributed by atoms with Crippen LogP contribution in [0.5, 0.6) is 0 Å². The van der Waals surface area contributed by atoms with E-state index in [0.29, 0.717) is 17.1 Å². The summed E-state index contributed by atoms with van der Waals surface area (Å²) >= 11 is 13.7. The van der Waals surface area contributed by atoms with Gasteiger partial charge in [-0.3, -0.25) is 14.5 Å². The zero-order valence-corrected chi connectivity index (χ0v) is 23.7. The Morgan fingerprint density at radius 2 is 1.74 bits per heavy atom. The number of anilines is 1. The number of carbonyl (C=O) groups excluding carboxylic acids is 4. The standard InChI is InChI=1S/C26H29Cl2N3O6S/c1-5-37-25(35)31-14-38-26(2,3)21(31)23(33)30-19(24(34)36-4)13-15-9-11-16(12-10-15)29-22(32)20-17(27)7-6-8-18(20)28/h6-12,19,21H,5,13-14H2,1-4H3,(H,29,32)(H,30,33)/t19-,21?/m0/s1. The van der Waals surface area contributed by atoms with E-state index < -0.39 is 40.7 Å². The predicted molar refractivity (Wildman–Crippen MR) is 148 cm³/mol.